The monoisotopic (exact) mass is 496 g/mol. The highest BCUT2D eigenvalue weighted by molar-refractivity contribution is 7.80. The predicted octanol–water partition coefficient (Wildman–Crippen LogP) is 4.48. The van der Waals surface area contributed by atoms with Crippen LogP contribution in [0.15, 0.2) is 30.6 Å². The van der Waals surface area contributed by atoms with Crippen molar-refractivity contribution in [3.8, 4) is 0 Å². The van der Waals surface area contributed by atoms with Crippen LogP contribution in [-0.2, 0) is 16.0 Å². The van der Waals surface area contributed by atoms with E-state index in [1.807, 2.05) is 0 Å². The van der Waals surface area contributed by atoms with Crippen LogP contribution in [0.1, 0.15) is 31.2 Å². The van der Waals surface area contributed by atoms with Crippen molar-refractivity contribution in [2.75, 3.05) is 24.9 Å². The second-order valence-electron chi connectivity index (χ2n) is 6.48. The van der Waals surface area contributed by atoms with E-state index in [1.165, 1.54) is 26.4 Å². The third-order valence-electron chi connectivity index (χ3n) is 4.37. The lowest BCUT2D eigenvalue weighted by molar-refractivity contribution is 0.0601. The van der Waals surface area contributed by atoms with Gasteiger partial charge in [-0.3, -0.25) is 4.68 Å². The number of ether oxygens (including phenoxy) is 2. The summed E-state index contributed by atoms with van der Waals surface area (Å²) in [6.07, 6.45) is 3.24. The smallest absolute Gasteiger partial charge is 0.348 e. The van der Waals surface area contributed by atoms with Crippen LogP contribution < -0.4 is 10.6 Å². The molecule has 2 aromatic heterocycles. The fourth-order valence-corrected chi connectivity index (χ4v) is 4.47. The lowest BCUT2D eigenvalue weighted by atomic mass is 10.1. The lowest BCUT2D eigenvalue weighted by Gasteiger charge is -2.09. The first kappa shape index (κ1) is 23.6. The molecule has 0 saturated carbocycles. The van der Waals surface area contributed by atoms with Gasteiger partial charge in [0.15, 0.2) is 5.11 Å². The summed E-state index contributed by atoms with van der Waals surface area (Å²) >= 11 is 12.4. The summed E-state index contributed by atoms with van der Waals surface area (Å²) in [5, 5.41) is 10.9. The molecule has 0 aliphatic heterocycles. The number of halogens is 2. The van der Waals surface area contributed by atoms with Gasteiger partial charge in [0.25, 0.3) is 0 Å². The van der Waals surface area contributed by atoms with Gasteiger partial charge in [0, 0.05) is 11.2 Å². The minimum Gasteiger partial charge on any atom is -0.465 e. The molecule has 0 bridgehead atoms. The Morgan fingerprint density at radius 1 is 1.25 bits per heavy atom. The minimum atomic E-state index is -0.608. The van der Waals surface area contributed by atoms with Crippen molar-refractivity contribution in [1.29, 1.82) is 0 Å². The SMILES string of the molecule is COC(=O)c1sc(NC(=S)Nc2cnn(Cc3ccc(F)cc3Cl)c2)c(C(=O)OC)c1C. The van der Waals surface area contributed by atoms with Gasteiger partial charge in [-0.15, -0.1) is 11.3 Å². The van der Waals surface area contributed by atoms with Gasteiger partial charge < -0.3 is 20.1 Å². The normalized spacial score (nSPS) is 10.5. The van der Waals surface area contributed by atoms with Crippen LogP contribution in [0.25, 0.3) is 0 Å². The fourth-order valence-electron chi connectivity index (χ4n) is 2.84. The maximum Gasteiger partial charge on any atom is 0.348 e. The van der Waals surface area contributed by atoms with E-state index in [4.69, 9.17) is 33.3 Å². The third kappa shape index (κ3) is 5.23. The Balaban J connectivity index is 1.74. The molecule has 3 rings (SSSR count). The summed E-state index contributed by atoms with van der Waals surface area (Å²) < 4.78 is 24.4. The van der Waals surface area contributed by atoms with Crippen molar-refractivity contribution < 1.29 is 23.5 Å². The summed E-state index contributed by atoms with van der Waals surface area (Å²) in [4.78, 5) is 24.5. The largest absolute Gasteiger partial charge is 0.465 e. The molecule has 0 aliphatic carbocycles. The van der Waals surface area contributed by atoms with E-state index in [9.17, 15) is 14.0 Å². The van der Waals surface area contributed by atoms with Crippen molar-refractivity contribution in [1.82, 2.24) is 9.78 Å². The van der Waals surface area contributed by atoms with Gasteiger partial charge >= 0.3 is 11.9 Å². The second-order valence-corrected chi connectivity index (χ2v) is 8.32. The summed E-state index contributed by atoms with van der Waals surface area (Å²) in [5.74, 6) is -1.59. The Morgan fingerprint density at radius 2 is 1.97 bits per heavy atom. The first-order valence-corrected chi connectivity index (χ1v) is 10.7. The van der Waals surface area contributed by atoms with Crippen LogP contribution in [0.4, 0.5) is 15.1 Å². The maximum atomic E-state index is 13.2. The van der Waals surface area contributed by atoms with Gasteiger partial charge in [-0.05, 0) is 42.4 Å². The molecule has 168 valence electrons. The van der Waals surface area contributed by atoms with Crippen molar-refractivity contribution >= 4 is 62.9 Å². The van der Waals surface area contributed by atoms with Crippen LogP contribution in [-0.4, -0.2) is 41.1 Å². The topological polar surface area (TPSA) is 94.5 Å². The lowest BCUT2D eigenvalue weighted by Crippen LogP contribution is -2.20. The number of nitrogens with one attached hydrogen (secondary N) is 2. The van der Waals surface area contributed by atoms with E-state index in [1.54, 1.807) is 30.1 Å². The first-order valence-electron chi connectivity index (χ1n) is 9.07. The van der Waals surface area contributed by atoms with Crippen LogP contribution in [0.5, 0.6) is 0 Å². The van der Waals surface area contributed by atoms with Crippen molar-refractivity contribution in [2.24, 2.45) is 0 Å². The number of rotatable bonds is 6. The standard InChI is InChI=1S/C20H18ClFN4O4S2/c1-10-15(18(27)29-2)17(32-16(10)19(28)30-3)25-20(31)24-13-7-23-26(9-13)8-11-4-5-12(22)6-14(11)21/h4-7,9H,8H2,1-3H3,(H2,24,25,31). The number of thiocarbonyl (C=S) groups is 1. The van der Waals surface area contributed by atoms with Gasteiger partial charge in [-0.25, -0.2) is 14.0 Å². The maximum absolute atomic E-state index is 13.2. The minimum absolute atomic E-state index is 0.173. The van der Waals surface area contributed by atoms with E-state index >= 15 is 0 Å². The molecule has 0 atom stereocenters. The molecule has 0 spiro atoms. The summed E-state index contributed by atoms with van der Waals surface area (Å²) in [7, 11) is 2.51. The molecule has 0 aliphatic rings. The summed E-state index contributed by atoms with van der Waals surface area (Å²) in [6.45, 7) is 1.96. The number of aromatic nitrogens is 2. The number of nitrogens with zero attached hydrogens (tertiary/aromatic N) is 2. The average Bonchev–Trinajstić information content (AvgIpc) is 3.32. The number of esters is 2. The van der Waals surface area contributed by atoms with E-state index in [-0.39, 0.29) is 15.6 Å². The molecule has 0 saturated heterocycles. The predicted molar refractivity (Wildman–Crippen MR) is 124 cm³/mol. The molecule has 2 N–H and O–H groups in total. The van der Waals surface area contributed by atoms with Crippen LogP contribution >= 0.6 is 35.2 Å². The third-order valence-corrected chi connectivity index (χ3v) is 6.12. The molecule has 0 fully saturated rings. The van der Waals surface area contributed by atoms with Gasteiger partial charge in [-0.2, -0.15) is 5.10 Å². The zero-order valence-corrected chi connectivity index (χ0v) is 19.6. The molecule has 8 nitrogen and oxygen atoms in total. The molecular formula is C20H18ClFN4O4S2. The molecule has 0 unspecified atom stereocenters. The summed E-state index contributed by atoms with van der Waals surface area (Å²) in [6, 6.07) is 4.15. The number of hydrogen-bond acceptors (Lipinski definition) is 7. The molecule has 1 aromatic carbocycles. The number of anilines is 2. The fraction of sp³-hybridized carbons (Fsp3) is 0.200. The number of thiophene rings is 1. The van der Waals surface area contributed by atoms with Crippen LogP contribution in [0.2, 0.25) is 5.02 Å². The number of benzene rings is 1. The molecule has 0 radical (unpaired) electrons. The highest BCUT2D eigenvalue weighted by atomic mass is 35.5. The van der Waals surface area contributed by atoms with Gasteiger partial charge in [-0.1, -0.05) is 17.7 Å². The molecular weight excluding hydrogens is 479 g/mol. The number of methoxy groups -OCH3 is 2. The number of carbonyl (C=O) groups is 2. The van der Waals surface area contributed by atoms with Crippen LogP contribution in [0, 0.1) is 12.7 Å². The first-order chi connectivity index (χ1) is 15.2. The van der Waals surface area contributed by atoms with E-state index in [0.29, 0.717) is 33.4 Å². The van der Waals surface area contributed by atoms with Crippen molar-refractivity contribution in [3.63, 3.8) is 0 Å². The number of hydrogen-bond donors (Lipinski definition) is 2. The van der Waals surface area contributed by atoms with E-state index in [0.717, 1.165) is 11.3 Å². The average molecular weight is 497 g/mol. The Kier molecular flexibility index (Phi) is 7.44. The molecule has 12 heteroatoms. The van der Waals surface area contributed by atoms with Crippen molar-refractivity contribution in [3.05, 3.63) is 63.0 Å². The Bertz CT molecular complexity index is 1190. The highest BCUT2D eigenvalue weighted by Crippen LogP contribution is 2.34. The van der Waals surface area contributed by atoms with E-state index < -0.39 is 17.8 Å². The zero-order chi connectivity index (χ0) is 23.4. The van der Waals surface area contributed by atoms with Gasteiger partial charge in [0.1, 0.15) is 15.7 Å². The van der Waals surface area contributed by atoms with Crippen LogP contribution in [0.3, 0.4) is 0 Å². The number of carbonyl (C=O) groups excluding carboxylic acids is 2. The zero-order valence-electron chi connectivity index (χ0n) is 17.2. The molecule has 2 heterocycles. The molecule has 32 heavy (non-hydrogen) atoms. The van der Waals surface area contributed by atoms with E-state index in [2.05, 4.69) is 15.7 Å². The van der Waals surface area contributed by atoms with Gasteiger partial charge in [0.2, 0.25) is 0 Å². The van der Waals surface area contributed by atoms with Crippen molar-refractivity contribution in [2.45, 2.75) is 13.5 Å². The van der Waals surface area contributed by atoms with Gasteiger partial charge in [0.05, 0.1) is 38.2 Å². The second kappa shape index (κ2) is 10.1. The Hall–Kier alpha value is -3.02. The summed E-state index contributed by atoms with van der Waals surface area (Å²) in [5.41, 5.74) is 1.91. The Labute approximate surface area is 197 Å². The molecule has 3 aromatic rings. The Morgan fingerprint density at radius 3 is 2.62 bits per heavy atom. The quantitative estimate of drug-likeness (QED) is 0.381. The highest BCUT2D eigenvalue weighted by Gasteiger charge is 2.26. The molecule has 0 amide bonds.